The Morgan fingerprint density at radius 1 is 1.20 bits per heavy atom. The second-order valence-corrected chi connectivity index (χ2v) is 5.37. The van der Waals surface area contributed by atoms with Crippen molar-refractivity contribution in [2.75, 3.05) is 14.2 Å². The topological polar surface area (TPSA) is 63.6 Å². The van der Waals surface area contributed by atoms with Gasteiger partial charge in [-0.2, -0.15) is 0 Å². The number of aryl methyl sites for hydroxylation is 1. The SMILES string of the molecule is COc1cc(CNCc2csc(C)n2)cc(OC)c1O. The number of benzene rings is 1. The molecule has 108 valence electrons. The van der Waals surface area contributed by atoms with Crippen LogP contribution in [0.15, 0.2) is 17.5 Å². The number of hydrogen-bond acceptors (Lipinski definition) is 6. The fraction of sp³-hybridized carbons (Fsp3) is 0.357. The van der Waals surface area contributed by atoms with Crippen LogP contribution in [0.25, 0.3) is 0 Å². The highest BCUT2D eigenvalue weighted by atomic mass is 32.1. The van der Waals surface area contributed by atoms with Crippen molar-refractivity contribution in [3.05, 3.63) is 33.8 Å². The van der Waals surface area contributed by atoms with E-state index in [4.69, 9.17) is 9.47 Å². The van der Waals surface area contributed by atoms with Crippen LogP contribution in [0.5, 0.6) is 17.2 Å². The zero-order chi connectivity index (χ0) is 14.5. The Morgan fingerprint density at radius 3 is 2.35 bits per heavy atom. The molecule has 0 aliphatic carbocycles. The van der Waals surface area contributed by atoms with Crippen LogP contribution in [0, 0.1) is 6.92 Å². The van der Waals surface area contributed by atoms with Gasteiger partial charge in [0.15, 0.2) is 11.5 Å². The van der Waals surface area contributed by atoms with Gasteiger partial charge >= 0.3 is 0 Å². The fourth-order valence-electron chi connectivity index (χ4n) is 1.87. The van der Waals surface area contributed by atoms with Gasteiger partial charge in [-0.3, -0.25) is 0 Å². The molecule has 0 saturated heterocycles. The molecule has 0 spiro atoms. The second-order valence-electron chi connectivity index (χ2n) is 4.31. The lowest BCUT2D eigenvalue weighted by molar-refractivity contribution is 0.339. The van der Waals surface area contributed by atoms with Gasteiger partial charge in [-0.15, -0.1) is 11.3 Å². The third-order valence-electron chi connectivity index (χ3n) is 2.84. The predicted octanol–water partition coefficient (Wildman–Crippen LogP) is 2.46. The van der Waals surface area contributed by atoms with Gasteiger partial charge in [0.1, 0.15) is 0 Å². The van der Waals surface area contributed by atoms with E-state index < -0.39 is 0 Å². The summed E-state index contributed by atoms with van der Waals surface area (Å²) in [6.45, 7) is 3.34. The fourth-order valence-corrected chi connectivity index (χ4v) is 2.49. The maximum Gasteiger partial charge on any atom is 0.200 e. The number of aromatic hydroxyl groups is 1. The molecule has 2 N–H and O–H groups in total. The van der Waals surface area contributed by atoms with Crippen LogP contribution in [0.3, 0.4) is 0 Å². The third-order valence-corrected chi connectivity index (χ3v) is 3.66. The highest BCUT2D eigenvalue weighted by molar-refractivity contribution is 7.09. The van der Waals surface area contributed by atoms with Gasteiger partial charge in [-0.05, 0) is 24.6 Å². The maximum atomic E-state index is 9.84. The summed E-state index contributed by atoms with van der Waals surface area (Å²) in [7, 11) is 3.04. The van der Waals surface area contributed by atoms with Crippen LogP contribution in [-0.4, -0.2) is 24.3 Å². The number of phenolic OH excluding ortho intramolecular Hbond substituents is 1. The van der Waals surface area contributed by atoms with Crippen molar-refractivity contribution in [2.24, 2.45) is 0 Å². The van der Waals surface area contributed by atoms with Crippen molar-refractivity contribution >= 4 is 11.3 Å². The van der Waals surface area contributed by atoms with Gasteiger partial charge in [0.2, 0.25) is 5.75 Å². The van der Waals surface area contributed by atoms with Crippen molar-refractivity contribution in [3.63, 3.8) is 0 Å². The molecular weight excluding hydrogens is 276 g/mol. The molecule has 0 radical (unpaired) electrons. The molecule has 0 saturated carbocycles. The van der Waals surface area contributed by atoms with Crippen molar-refractivity contribution in [2.45, 2.75) is 20.0 Å². The largest absolute Gasteiger partial charge is 0.502 e. The first-order chi connectivity index (χ1) is 9.63. The molecule has 1 aromatic heterocycles. The molecule has 0 atom stereocenters. The van der Waals surface area contributed by atoms with Gasteiger partial charge in [-0.1, -0.05) is 0 Å². The smallest absolute Gasteiger partial charge is 0.200 e. The number of nitrogens with one attached hydrogen (secondary N) is 1. The highest BCUT2D eigenvalue weighted by Gasteiger charge is 2.11. The summed E-state index contributed by atoms with van der Waals surface area (Å²) < 4.78 is 10.3. The van der Waals surface area contributed by atoms with E-state index in [1.54, 1.807) is 23.5 Å². The molecular formula is C14H18N2O3S. The number of hydrogen-bond donors (Lipinski definition) is 2. The number of phenols is 1. The van der Waals surface area contributed by atoms with Gasteiger partial charge in [-0.25, -0.2) is 4.98 Å². The summed E-state index contributed by atoms with van der Waals surface area (Å²) in [5.41, 5.74) is 2.01. The molecule has 1 aromatic carbocycles. The summed E-state index contributed by atoms with van der Waals surface area (Å²) in [6, 6.07) is 3.58. The molecule has 20 heavy (non-hydrogen) atoms. The number of thiazole rings is 1. The molecule has 1 heterocycles. The first kappa shape index (κ1) is 14.6. The molecule has 5 nitrogen and oxygen atoms in total. The minimum Gasteiger partial charge on any atom is -0.502 e. The van der Waals surface area contributed by atoms with Gasteiger partial charge in [0.25, 0.3) is 0 Å². The Balaban J connectivity index is 2.02. The number of ether oxygens (including phenoxy) is 2. The average Bonchev–Trinajstić information content (AvgIpc) is 2.86. The molecule has 0 aliphatic heterocycles. The number of rotatable bonds is 6. The Morgan fingerprint density at radius 2 is 1.85 bits per heavy atom. The molecule has 0 bridgehead atoms. The van der Waals surface area contributed by atoms with E-state index >= 15 is 0 Å². The van der Waals surface area contributed by atoms with E-state index in [0.29, 0.717) is 24.6 Å². The molecule has 0 aliphatic rings. The summed E-state index contributed by atoms with van der Waals surface area (Å²) in [5.74, 6) is 0.838. The lowest BCUT2D eigenvalue weighted by atomic mass is 10.2. The first-order valence-corrected chi connectivity index (χ1v) is 7.07. The Labute approximate surface area is 122 Å². The Kier molecular flexibility index (Phi) is 4.81. The first-order valence-electron chi connectivity index (χ1n) is 6.19. The monoisotopic (exact) mass is 294 g/mol. The van der Waals surface area contributed by atoms with E-state index in [0.717, 1.165) is 16.3 Å². The van der Waals surface area contributed by atoms with Crippen molar-refractivity contribution in [3.8, 4) is 17.2 Å². The van der Waals surface area contributed by atoms with E-state index in [-0.39, 0.29) is 5.75 Å². The van der Waals surface area contributed by atoms with Crippen LogP contribution in [0.1, 0.15) is 16.3 Å². The molecule has 2 rings (SSSR count). The minimum absolute atomic E-state index is 0.0221. The van der Waals surface area contributed by atoms with Gasteiger partial charge in [0, 0.05) is 18.5 Å². The summed E-state index contributed by atoms with van der Waals surface area (Å²) in [5, 5.41) is 16.3. The van der Waals surface area contributed by atoms with E-state index in [1.807, 2.05) is 12.3 Å². The van der Waals surface area contributed by atoms with Crippen LogP contribution < -0.4 is 14.8 Å². The van der Waals surface area contributed by atoms with Crippen molar-refractivity contribution < 1.29 is 14.6 Å². The van der Waals surface area contributed by atoms with E-state index in [2.05, 4.69) is 10.3 Å². The van der Waals surface area contributed by atoms with E-state index in [9.17, 15) is 5.11 Å². The Hall–Kier alpha value is -1.79. The quantitative estimate of drug-likeness (QED) is 0.857. The number of methoxy groups -OCH3 is 2. The van der Waals surface area contributed by atoms with Crippen LogP contribution in [-0.2, 0) is 13.1 Å². The number of aromatic nitrogens is 1. The van der Waals surface area contributed by atoms with E-state index in [1.165, 1.54) is 14.2 Å². The van der Waals surface area contributed by atoms with Gasteiger partial charge in [0.05, 0.1) is 24.9 Å². The lowest BCUT2D eigenvalue weighted by Crippen LogP contribution is -2.13. The molecule has 6 heteroatoms. The standard InChI is InChI=1S/C14H18N2O3S/c1-9-16-11(8-20-9)7-15-6-10-4-12(18-2)14(17)13(5-10)19-3/h4-5,8,15,17H,6-7H2,1-3H3. The maximum absolute atomic E-state index is 9.84. The predicted molar refractivity (Wildman–Crippen MR) is 78.6 cm³/mol. The molecule has 0 fully saturated rings. The zero-order valence-electron chi connectivity index (χ0n) is 11.8. The van der Waals surface area contributed by atoms with Crippen molar-refractivity contribution in [1.82, 2.24) is 10.3 Å². The Bertz CT molecular complexity index is 559. The minimum atomic E-state index is 0.0221. The summed E-state index contributed by atoms with van der Waals surface area (Å²) >= 11 is 1.64. The summed E-state index contributed by atoms with van der Waals surface area (Å²) in [4.78, 5) is 4.39. The molecule has 0 amide bonds. The molecule has 2 aromatic rings. The second kappa shape index (κ2) is 6.58. The molecule has 0 unspecified atom stereocenters. The third kappa shape index (κ3) is 3.40. The van der Waals surface area contributed by atoms with Crippen LogP contribution in [0.2, 0.25) is 0 Å². The lowest BCUT2D eigenvalue weighted by Gasteiger charge is -2.11. The number of nitrogens with zero attached hydrogens (tertiary/aromatic N) is 1. The zero-order valence-corrected chi connectivity index (χ0v) is 12.6. The normalized spacial score (nSPS) is 10.6. The average molecular weight is 294 g/mol. The van der Waals surface area contributed by atoms with Gasteiger partial charge < -0.3 is 19.9 Å². The van der Waals surface area contributed by atoms with Crippen LogP contribution in [0.4, 0.5) is 0 Å². The van der Waals surface area contributed by atoms with Crippen LogP contribution >= 0.6 is 11.3 Å². The van der Waals surface area contributed by atoms with Crippen molar-refractivity contribution in [1.29, 1.82) is 0 Å². The highest BCUT2D eigenvalue weighted by Crippen LogP contribution is 2.36. The summed E-state index contributed by atoms with van der Waals surface area (Å²) in [6.07, 6.45) is 0.